The lowest BCUT2D eigenvalue weighted by Crippen LogP contribution is -2.38. The van der Waals surface area contributed by atoms with Crippen LogP contribution in [0, 0.1) is 0 Å². The van der Waals surface area contributed by atoms with Crippen molar-refractivity contribution in [1.29, 1.82) is 0 Å². The van der Waals surface area contributed by atoms with Gasteiger partial charge in [-0.25, -0.2) is 0 Å². The smallest absolute Gasteiger partial charge is 0.253 e. The molecule has 2 aromatic carbocycles. The number of hydrogen-bond acceptors (Lipinski definition) is 4. The quantitative estimate of drug-likeness (QED) is 0.625. The number of carbonyl (C=O) groups is 2. The van der Waals surface area contributed by atoms with Gasteiger partial charge in [0.05, 0.1) is 29.8 Å². The van der Waals surface area contributed by atoms with Gasteiger partial charge in [0.15, 0.2) is 11.3 Å². The van der Waals surface area contributed by atoms with Crippen molar-refractivity contribution in [3.8, 4) is 5.75 Å². The minimum absolute atomic E-state index is 0.168. The Kier molecular flexibility index (Phi) is 6.21. The zero-order chi connectivity index (χ0) is 20.1. The number of para-hydroxylation sites is 1. The second kappa shape index (κ2) is 8.80. The van der Waals surface area contributed by atoms with Crippen molar-refractivity contribution in [2.45, 2.75) is 19.9 Å². The van der Waals surface area contributed by atoms with Gasteiger partial charge in [-0.2, -0.15) is 0 Å². The predicted molar refractivity (Wildman–Crippen MR) is 108 cm³/mol. The van der Waals surface area contributed by atoms with Gasteiger partial charge in [-0.15, -0.1) is 0 Å². The van der Waals surface area contributed by atoms with Crippen molar-refractivity contribution in [2.75, 3.05) is 13.2 Å². The van der Waals surface area contributed by atoms with Crippen molar-refractivity contribution >= 4 is 34.4 Å². The first kappa shape index (κ1) is 19.8. The van der Waals surface area contributed by atoms with E-state index in [1.807, 2.05) is 38.1 Å². The fourth-order valence-electron chi connectivity index (χ4n) is 2.80. The molecule has 1 heterocycles. The van der Waals surface area contributed by atoms with E-state index in [-0.39, 0.29) is 18.5 Å². The number of rotatable bonds is 7. The number of benzene rings is 2. The molecule has 1 unspecified atom stereocenters. The van der Waals surface area contributed by atoms with Crippen LogP contribution in [0.5, 0.6) is 5.75 Å². The van der Waals surface area contributed by atoms with Crippen molar-refractivity contribution in [3.05, 3.63) is 64.9 Å². The highest BCUT2D eigenvalue weighted by molar-refractivity contribution is 6.33. The number of nitrogens with one attached hydrogen (secondary N) is 2. The molecule has 0 saturated carbocycles. The summed E-state index contributed by atoms with van der Waals surface area (Å²) in [5, 5.41) is 6.60. The maximum atomic E-state index is 12.2. The Bertz CT molecular complexity index is 999. The maximum absolute atomic E-state index is 12.2. The van der Waals surface area contributed by atoms with Gasteiger partial charge in [0.1, 0.15) is 5.76 Å². The monoisotopic (exact) mass is 400 g/mol. The van der Waals surface area contributed by atoms with Gasteiger partial charge in [0, 0.05) is 5.39 Å². The van der Waals surface area contributed by atoms with Crippen LogP contribution in [0.25, 0.3) is 11.0 Å². The molecule has 0 radical (unpaired) electrons. The first-order valence-corrected chi connectivity index (χ1v) is 9.34. The molecule has 3 rings (SSSR count). The number of amides is 2. The van der Waals surface area contributed by atoms with Gasteiger partial charge in [0.2, 0.25) is 5.91 Å². The number of hydrogen-bond donors (Lipinski definition) is 2. The van der Waals surface area contributed by atoms with E-state index in [0.717, 1.165) is 5.39 Å². The minimum atomic E-state index is -0.404. The summed E-state index contributed by atoms with van der Waals surface area (Å²) in [5.74, 6) is 0.529. The summed E-state index contributed by atoms with van der Waals surface area (Å²) < 4.78 is 11.5. The minimum Gasteiger partial charge on any atom is -0.490 e. The molecule has 1 atom stereocenters. The molecule has 0 aliphatic rings. The lowest BCUT2D eigenvalue weighted by atomic mass is 10.2. The highest BCUT2D eigenvalue weighted by Gasteiger charge is 2.17. The zero-order valence-corrected chi connectivity index (χ0v) is 16.4. The molecule has 3 aromatic rings. The Morgan fingerprint density at radius 1 is 1.18 bits per heavy atom. The van der Waals surface area contributed by atoms with Crippen LogP contribution in [0.15, 0.2) is 52.9 Å². The normalized spacial score (nSPS) is 11.8. The molecule has 0 bridgehead atoms. The summed E-state index contributed by atoms with van der Waals surface area (Å²) in [6.45, 7) is 4.08. The topological polar surface area (TPSA) is 80.6 Å². The van der Waals surface area contributed by atoms with E-state index in [2.05, 4.69) is 10.6 Å². The van der Waals surface area contributed by atoms with E-state index in [0.29, 0.717) is 34.3 Å². The summed E-state index contributed by atoms with van der Waals surface area (Å²) in [5.41, 5.74) is 0.971. The average Bonchev–Trinajstić information content (AvgIpc) is 3.12. The fraction of sp³-hybridized carbons (Fsp3) is 0.238. The van der Waals surface area contributed by atoms with Gasteiger partial charge in [0.25, 0.3) is 5.91 Å². The third-order valence-electron chi connectivity index (χ3n) is 4.16. The number of fused-ring (bicyclic) bond motifs is 1. The first-order chi connectivity index (χ1) is 13.5. The highest BCUT2D eigenvalue weighted by atomic mass is 35.5. The van der Waals surface area contributed by atoms with Gasteiger partial charge < -0.3 is 19.8 Å². The molecule has 0 fully saturated rings. The summed E-state index contributed by atoms with van der Waals surface area (Å²) in [6.07, 6.45) is 0. The molecule has 28 heavy (non-hydrogen) atoms. The van der Waals surface area contributed by atoms with Crippen molar-refractivity contribution < 1.29 is 18.7 Å². The maximum Gasteiger partial charge on any atom is 0.253 e. The third-order valence-corrected chi connectivity index (χ3v) is 4.49. The molecule has 0 saturated heterocycles. The van der Waals surface area contributed by atoms with Crippen LogP contribution < -0.4 is 15.4 Å². The fourth-order valence-corrected chi connectivity index (χ4v) is 3.03. The standard InChI is InChI=1S/C21H21ClN2O4/c1-3-27-17-10-6-7-14-11-18(28-20(14)17)13(2)24-19(25)12-23-21(26)15-8-4-5-9-16(15)22/h4-11,13H,3,12H2,1-2H3,(H,23,26)(H,24,25). The predicted octanol–water partition coefficient (Wildman–Crippen LogP) is 4.09. The highest BCUT2D eigenvalue weighted by Crippen LogP contribution is 2.31. The van der Waals surface area contributed by atoms with Crippen molar-refractivity contribution in [3.63, 3.8) is 0 Å². The molecule has 2 amide bonds. The van der Waals surface area contributed by atoms with Crippen LogP contribution >= 0.6 is 11.6 Å². The van der Waals surface area contributed by atoms with Gasteiger partial charge in [-0.05, 0) is 38.1 Å². The van der Waals surface area contributed by atoms with Gasteiger partial charge >= 0.3 is 0 Å². The van der Waals surface area contributed by atoms with E-state index < -0.39 is 5.91 Å². The van der Waals surface area contributed by atoms with Crippen LogP contribution in [0.1, 0.15) is 36.0 Å². The Morgan fingerprint density at radius 3 is 2.71 bits per heavy atom. The largest absolute Gasteiger partial charge is 0.490 e. The van der Waals surface area contributed by atoms with E-state index in [1.54, 1.807) is 24.3 Å². The van der Waals surface area contributed by atoms with Gasteiger partial charge in [-0.1, -0.05) is 35.9 Å². The lowest BCUT2D eigenvalue weighted by Gasteiger charge is -2.12. The van der Waals surface area contributed by atoms with Crippen LogP contribution in [0.2, 0.25) is 5.02 Å². The SMILES string of the molecule is CCOc1cccc2cc(C(C)NC(=O)CNC(=O)c3ccccc3Cl)oc12. The Hall–Kier alpha value is -2.99. The van der Waals surface area contributed by atoms with Crippen LogP contribution in [-0.4, -0.2) is 25.0 Å². The van der Waals surface area contributed by atoms with Gasteiger partial charge in [-0.3, -0.25) is 9.59 Å². The van der Waals surface area contributed by atoms with E-state index in [1.165, 1.54) is 0 Å². The second-order valence-corrected chi connectivity index (χ2v) is 6.62. The molecule has 2 N–H and O–H groups in total. The number of halogens is 1. The summed E-state index contributed by atoms with van der Waals surface area (Å²) in [7, 11) is 0. The van der Waals surface area contributed by atoms with E-state index in [4.69, 9.17) is 20.8 Å². The average molecular weight is 401 g/mol. The Morgan fingerprint density at radius 2 is 1.96 bits per heavy atom. The third kappa shape index (κ3) is 4.46. The van der Waals surface area contributed by atoms with Crippen LogP contribution in [0.4, 0.5) is 0 Å². The summed E-state index contributed by atoms with van der Waals surface area (Å²) in [4.78, 5) is 24.3. The zero-order valence-electron chi connectivity index (χ0n) is 15.6. The molecule has 0 aliphatic carbocycles. The molecular formula is C21H21ClN2O4. The Balaban J connectivity index is 1.61. The molecular weight excluding hydrogens is 380 g/mol. The molecule has 7 heteroatoms. The lowest BCUT2D eigenvalue weighted by molar-refractivity contribution is -0.120. The second-order valence-electron chi connectivity index (χ2n) is 6.21. The number of ether oxygens (including phenoxy) is 1. The molecule has 1 aromatic heterocycles. The number of carbonyl (C=O) groups excluding carboxylic acids is 2. The Labute approximate surface area is 167 Å². The molecule has 6 nitrogen and oxygen atoms in total. The van der Waals surface area contributed by atoms with Crippen molar-refractivity contribution in [2.24, 2.45) is 0 Å². The molecule has 0 aliphatic heterocycles. The summed E-state index contributed by atoms with van der Waals surface area (Å²) >= 11 is 5.99. The molecule has 146 valence electrons. The van der Waals surface area contributed by atoms with E-state index >= 15 is 0 Å². The first-order valence-electron chi connectivity index (χ1n) is 8.97. The summed E-state index contributed by atoms with van der Waals surface area (Å²) in [6, 6.07) is 13.8. The van der Waals surface area contributed by atoms with Crippen molar-refractivity contribution in [1.82, 2.24) is 10.6 Å². The van der Waals surface area contributed by atoms with Crippen LogP contribution in [-0.2, 0) is 4.79 Å². The van der Waals surface area contributed by atoms with Crippen LogP contribution in [0.3, 0.4) is 0 Å². The number of furan rings is 1. The van der Waals surface area contributed by atoms with E-state index in [9.17, 15) is 9.59 Å². The molecule has 0 spiro atoms.